The van der Waals surface area contributed by atoms with Crippen LogP contribution >= 0.6 is 0 Å². The van der Waals surface area contributed by atoms with Gasteiger partial charge in [0, 0.05) is 0 Å². The fourth-order valence-corrected chi connectivity index (χ4v) is 7.28. The topological polar surface area (TPSA) is 26.3 Å². The summed E-state index contributed by atoms with van der Waals surface area (Å²) in [5.74, 6) is 3.71. The lowest BCUT2D eigenvalue weighted by Gasteiger charge is -2.45. The number of allylic oxidation sites excluding steroid dienone is 3. The van der Waals surface area contributed by atoms with E-state index >= 15 is 0 Å². The van der Waals surface area contributed by atoms with Gasteiger partial charge in [-0.2, -0.15) is 0 Å². The molecule has 0 bridgehead atoms. The zero-order valence-corrected chi connectivity index (χ0v) is 21.7. The van der Waals surface area contributed by atoms with Crippen molar-refractivity contribution in [2.24, 2.45) is 35.5 Å². The van der Waals surface area contributed by atoms with E-state index in [0.717, 1.165) is 73.7 Å². The quantitative estimate of drug-likeness (QED) is 0.200. The molecule has 0 spiro atoms. The molecule has 35 heavy (non-hydrogen) atoms. The summed E-state index contributed by atoms with van der Waals surface area (Å²) in [7, 11) is 0. The molecular formula is C32H45FO2. The molecule has 0 amide bonds. The molecule has 0 aliphatic heterocycles. The minimum Gasteiger partial charge on any atom is -0.423 e. The van der Waals surface area contributed by atoms with Crippen molar-refractivity contribution in [2.75, 3.05) is 0 Å². The molecule has 3 aliphatic carbocycles. The van der Waals surface area contributed by atoms with Crippen molar-refractivity contribution in [3.63, 3.8) is 0 Å². The predicted octanol–water partition coefficient (Wildman–Crippen LogP) is 8.85. The van der Waals surface area contributed by atoms with Gasteiger partial charge in [0.1, 0.15) is 0 Å². The summed E-state index contributed by atoms with van der Waals surface area (Å²) in [6.07, 6.45) is 22.8. The van der Waals surface area contributed by atoms with Crippen molar-refractivity contribution in [3.05, 3.63) is 54.4 Å². The van der Waals surface area contributed by atoms with Crippen molar-refractivity contribution in [1.29, 1.82) is 0 Å². The molecule has 0 N–H and O–H groups in total. The van der Waals surface area contributed by atoms with E-state index in [1.807, 2.05) is 19.1 Å². The van der Waals surface area contributed by atoms with Gasteiger partial charge >= 0.3 is 5.97 Å². The molecular weight excluding hydrogens is 435 g/mol. The number of carbonyl (C=O) groups is 1. The highest BCUT2D eigenvalue weighted by Crippen LogP contribution is 2.49. The zero-order chi connectivity index (χ0) is 24.6. The number of carbonyl (C=O) groups excluding carboxylic acids is 1. The highest BCUT2D eigenvalue weighted by Gasteiger charge is 2.39. The lowest BCUT2D eigenvalue weighted by Crippen LogP contribution is -2.35. The van der Waals surface area contributed by atoms with Gasteiger partial charge in [-0.3, -0.25) is 4.79 Å². The minimum absolute atomic E-state index is 0.0777. The number of halogens is 1. The second kappa shape index (κ2) is 12.9. The number of rotatable bonds is 9. The molecule has 3 fully saturated rings. The van der Waals surface area contributed by atoms with E-state index in [4.69, 9.17) is 4.74 Å². The molecule has 3 saturated carbocycles. The van der Waals surface area contributed by atoms with Gasteiger partial charge in [-0.25, -0.2) is 4.39 Å². The van der Waals surface area contributed by atoms with Gasteiger partial charge < -0.3 is 4.74 Å². The monoisotopic (exact) mass is 480 g/mol. The van der Waals surface area contributed by atoms with Crippen LogP contribution in [0.3, 0.4) is 0 Å². The van der Waals surface area contributed by atoms with E-state index in [1.54, 1.807) is 6.07 Å². The molecule has 1 aromatic rings. The van der Waals surface area contributed by atoms with Gasteiger partial charge in [-0.1, -0.05) is 30.7 Å². The van der Waals surface area contributed by atoms with Crippen LogP contribution in [0.15, 0.2) is 43.0 Å². The smallest absolute Gasteiger partial charge is 0.314 e. The molecule has 1 aromatic carbocycles. The van der Waals surface area contributed by atoms with Crippen LogP contribution in [0.25, 0.3) is 0 Å². The van der Waals surface area contributed by atoms with Crippen LogP contribution in [-0.4, -0.2) is 5.97 Å². The molecule has 3 heteroatoms. The van der Waals surface area contributed by atoms with E-state index in [1.165, 1.54) is 57.4 Å². The van der Waals surface area contributed by atoms with E-state index in [2.05, 4.69) is 18.7 Å². The number of hydrogen-bond acceptors (Lipinski definition) is 2. The Morgan fingerprint density at radius 2 is 1.66 bits per heavy atom. The van der Waals surface area contributed by atoms with Crippen molar-refractivity contribution in [1.82, 2.24) is 0 Å². The van der Waals surface area contributed by atoms with E-state index < -0.39 is 5.82 Å². The molecule has 4 unspecified atom stereocenters. The van der Waals surface area contributed by atoms with Crippen LogP contribution in [0.4, 0.5) is 4.39 Å². The van der Waals surface area contributed by atoms with E-state index in [9.17, 15) is 9.18 Å². The molecule has 4 atom stereocenters. The number of fused-ring (bicyclic) bond motifs is 1. The van der Waals surface area contributed by atoms with E-state index in [0.29, 0.717) is 0 Å². The summed E-state index contributed by atoms with van der Waals surface area (Å²) < 4.78 is 20.0. The maximum Gasteiger partial charge on any atom is 0.314 e. The molecule has 3 aliphatic rings. The lowest BCUT2D eigenvalue weighted by atomic mass is 9.60. The summed E-state index contributed by atoms with van der Waals surface area (Å²) in [5.41, 5.74) is 0.931. The van der Waals surface area contributed by atoms with Gasteiger partial charge in [-0.15, -0.1) is 6.58 Å². The van der Waals surface area contributed by atoms with Gasteiger partial charge in [0.15, 0.2) is 11.6 Å². The molecule has 192 valence electrons. The lowest BCUT2D eigenvalue weighted by molar-refractivity contribution is -0.140. The fraction of sp³-hybridized carbons (Fsp3) is 0.656. The fourth-order valence-electron chi connectivity index (χ4n) is 7.28. The van der Waals surface area contributed by atoms with Crippen LogP contribution in [0.1, 0.15) is 96.0 Å². The second-order valence-electron chi connectivity index (χ2n) is 11.5. The highest BCUT2D eigenvalue weighted by molar-refractivity contribution is 5.75. The van der Waals surface area contributed by atoms with Crippen molar-refractivity contribution < 1.29 is 13.9 Å². The molecule has 0 radical (unpaired) electrons. The highest BCUT2D eigenvalue weighted by atomic mass is 19.1. The Bertz CT molecular complexity index is 866. The second-order valence-corrected chi connectivity index (χ2v) is 11.5. The standard InChI is InChI=1S/C32H45FO2/c1-3-5-7-9-24-11-19-31(30(33)21-24)35-32(34)26-15-13-25(14-16-26)28-18-17-27-20-23(8-6-4-2)10-12-29(27)22-28/h3-5,11,19,21,23,25-29H,2,6-10,12-18,20,22H2,1H3/b5-3+. The largest absolute Gasteiger partial charge is 0.423 e. The van der Waals surface area contributed by atoms with Crippen LogP contribution in [0.5, 0.6) is 5.75 Å². The Morgan fingerprint density at radius 1 is 0.971 bits per heavy atom. The summed E-state index contributed by atoms with van der Waals surface area (Å²) >= 11 is 0. The third-order valence-corrected chi connectivity index (χ3v) is 9.36. The summed E-state index contributed by atoms with van der Waals surface area (Å²) in [5, 5.41) is 0. The Balaban J connectivity index is 1.21. The maximum atomic E-state index is 14.5. The van der Waals surface area contributed by atoms with Crippen molar-refractivity contribution in [2.45, 2.75) is 96.8 Å². The van der Waals surface area contributed by atoms with Gasteiger partial charge in [0.25, 0.3) is 0 Å². The number of ether oxygens (including phenoxy) is 1. The number of hydrogen-bond donors (Lipinski definition) is 0. The average molecular weight is 481 g/mol. The first-order valence-electron chi connectivity index (χ1n) is 14.3. The van der Waals surface area contributed by atoms with E-state index in [-0.39, 0.29) is 17.6 Å². The van der Waals surface area contributed by atoms with Gasteiger partial charge in [-0.05, 0) is 138 Å². The normalized spacial score (nSPS) is 31.1. The molecule has 0 aromatic heterocycles. The van der Waals surface area contributed by atoms with Crippen molar-refractivity contribution >= 4 is 5.97 Å². The molecule has 2 nitrogen and oxygen atoms in total. The predicted molar refractivity (Wildman–Crippen MR) is 142 cm³/mol. The zero-order valence-electron chi connectivity index (χ0n) is 21.7. The first-order chi connectivity index (χ1) is 17.1. The first kappa shape index (κ1) is 26.2. The SMILES string of the molecule is C=CCCC1CCC2CC(C3CCC(C(=O)Oc4ccc(CC/C=C/C)cc4F)CC3)CCC2C1. The summed E-state index contributed by atoms with van der Waals surface area (Å²) in [4.78, 5) is 12.8. The summed E-state index contributed by atoms with van der Waals surface area (Å²) in [6, 6.07) is 5.00. The average Bonchev–Trinajstić information content (AvgIpc) is 2.88. The number of benzene rings is 1. The Hall–Kier alpha value is -1.90. The van der Waals surface area contributed by atoms with Gasteiger partial charge in [0.05, 0.1) is 5.92 Å². The van der Waals surface area contributed by atoms with Crippen LogP contribution in [0.2, 0.25) is 0 Å². The Labute approximate surface area is 212 Å². The first-order valence-corrected chi connectivity index (χ1v) is 14.3. The number of esters is 1. The summed E-state index contributed by atoms with van der Waals surface area (Å²) in [6.45, 7) is 5.88. The third kappa shape index (κ3) is 7.08. The minimum atomic E-state index is -0.430. The van der Waals surface area contributed by atoms with Crippen LogP contribution in [0, 0.1) is 41.3 Å². The Morgan fingerprint density at radius 3 is 2.37 bits per heavy atom. The Kier molecular flexibility index (Phi) is 9.63. The molecule has 0 saturated heterocycles. The third-order valence-electron chi connectivity index (χ3n) is 9.36. The molecule has 4 rings (SSSR count). The van der Waals surface area contributed by atoms with Crippen LogP contribution in [-0.2, 0) is 11.2 Å². The van der Waals surface area contributed by atoms with Gasteiger partial charge in [0.2, 0.25) is 0 Å². The number of aryl methyl sites for hydroxylation is 1. The molecule has 0 heterocycles. The van der Waals surface area contributed by atoms with Crippen molar-refractivity contribution in [3.8, 4) is 5.75 Å². The maximum absolute atomic E-state index is 14.5. The van der Waals surface area contributed by atoms with Crippen LogP contribution < -0.4 is 4.74 Å².